The molecule has 1 aliphatic rings. The lowest BCUT2D eigenvalue weighted by Gasteiger charge is -2.35. The number of hydrogen-bond donors (Lipinski definition) is 1. The maximum absolute atomic E-state index is 12.6. The predicted octanol–water partition coefficient (Wildman–Crippen LogP) is 1.84. The van der Waals surface area contributed by atoms with E-state index in [1.807, 2.05) is 6.92 Å². The third kappa shape index (κ3) is 5.70. The van der Waals surface area contributed by atoms with E-state index < -0.39 is 10.2 Å². The minimum absolute atomic E-state index is 0.394. The van der Waals surface area contributed by atoms with E-state index in [-0.39, 0.29) is 0 Å². The molecule has 0 bridgehead atoms. The van der Waals surface area contributed by atoms with Gasteiger partial charge in [-0.05, 0) is 31.7 Å². The van der Waals surface area contributed by atoms with Crippen LogP contribution in [0.4, 0.5) is 0 Å². The van der Waals surface area contributed by atoms with Gasteiger partial charge in [0.05, 0.1) is 0 Å². The molecule has 1 N–H and O–H groups in total. The first kappa shape index (κ1) is 18.6. The van der Waals surface area contributed by atoms with Crippen LogP contribution in [-0.4, -0.2) is 55.8 Å². The first-order valence-electron chi connectivity index (χ1n) is 8.01. The minimum Gasteiger partial charge on any atom is -0.314 e. The number of rotatable bonds is 9. The molecule has 0 aromatic rings. The number of nitrogens with one attached hydrogen (secondary N) is 1. The summed E-state index contributed by atoms with van der Waals surface area (Å²) in [4.78, 5) is 0. The second-order valence-corrected chi connectivity index (χ2v) is 7.99. The van der Waals surface area contributed by atoms with E-state index in [0.29, 0.717) is 38.1 Å². The van der Waals surface area contributed by atoms with Crippen molar-refractivity contribution in [2.45, 2.75) is 46.1 Å². The first-order valence-corrected chi connectivity index (χ1v) is 9.41. The van der Waals surface area contributed by atoms with Crippen molar-refractivity contribution in [1.82, 2.24) is 13.9 Å². The Kier molecular flexibility index (Phi) is 7.87. The summed E-state index contributed by atoms with van der Waals surface area (Å²) in [6.07, 6.45) is 4.36. The summed E-state index contributed by atoms with van der Waals surface area (Å²) in [6.45, 7) is 13.1. The van der Waals surface area contributed by atoms with Crippen LogP contribution < -0.4 is 5.32 Å². The van der Waals surface area contributed by atoms with Gasteiger partial charge in [0.2, 0.25) is 0 Å². The van der Waals surface area contributed by atoms with Gasteiger partial charge in [0, 0.05) is 32.2 Å². The van der Waals surface area contributed by atoms with Crippen molar-refractivity contribution in [3.05, 3.63) is 12.7 Å². The molecule has 21 heavy (non-hydrogen) atoms. The molecule has 0 amide bonds. The number of nitrogens with zero attached hydrogens (tertiary/aromatic N) is 2. The monoisotopic (exact) mass is 317 g/mol. The highest BCUT2D eigenvalue weighted by Crippen LogP contribution is 2.21. The Labute approximate surface area is 130 Å². The molecule has 6 heteroatoms. The summed E-state index contributed by atoms with van der Waals surface area (Å²) in [6, 6.07) is 0.486. The van der Waals surface area contributed by atoms with Crippen LogP contribution in [0.2, 0.25) is 0 Å². The molecule has 0 aromatic carbocycles. The first-order chi connectivity index (χ1) is 9.91. The smallest absolute Gasteiger partial charge is 0.282 e. The maximum atomic E-state index is 12.6. The zero-order valence-electron chi connectivity index (χ0n) is 13.7. The molecule has 1 saturated heterocycles. The second-order valence-electron chi connectivity index (χ2n) is 6.06. The fourth-order valence-corrected chi connectivity index (χ4v) is 4.31. The van der Waals surface area contributed by atoms with Crippen LogP contribution in [0.15, 0.2) is 12.7 Å². The average molecular weight is 317 g/mol. The summed E-state index contributed by atoms with van der Waals surface area (Å²) < 4.78 is 28.4. The van der Waals surface area contributed by atoms with Crippen LogP contribution in [0.25, 0.3) is 0 Å². The SMILES string of the molecule is C=CCN(CCC)S(=O)(=O)N1CCC(CNC(C)C)CC1. The van der Waals surface area contributed by atoms with Gasteiger partial charge in [0.1, 0.15) is 0 Å². The van der Waals surface area contributed by atoms with Gasteiger partial charge in [-0.15, -0.1) is 6.58 Å². The number of piperidine rings is 1. The van der Waals surface area contributed by atoms with Crippen molar-refractivity contribution in [3.8, 4) is 0 Å². The van der Waals surface area contributed by atoms with Gasteiger partial charge in [-0.1, -0.05) is 26.8 Å². The topological polar surface area (TPSA) is 52.7 Å². The molecule has 124 valence electrons. The summed E-state index contributed by atoms with van der Waals surface area (Å²) in [5.74, 6) is 0.581. The third-order valence-corrected chi connectivity index (χ3v) is 5.85. The molecule has 0 unspecified atom stereocenters. The zero-order valence-corrected chi connectivity index (χ0v) is 14.5. The van der Waals surface area contributed by atoms with Gasteiger partial charge in [-0.2, -0.15) is 17.0 Å². The zero-order chi connectivity index (χ0) is 15.9. The summed E-state index contributed by atoms with van der Waals surface area (Å²) in [5, 5.41) is 3.44. The van der Waals surface area contributed by atoms with Crippen molar-refractivity contribution in [1.29, 1.82) is 0 Å². The van der Waals surface area contributed by atoms with E-state index in [1.54, 1.807) is 10.4 Å². The molecule has 0 saturated carbocycles. The summed E-state index contributed by atoms with van der Waals surface area (Å²) in [5.41, 5.74) is 0. The normalized spacial score (nSPS) is 18.5. The van der Waals surface area contributed by atoms with Gasteiger partial charge in [0.15, 0.2) is 0 Å². The van der Waals surface area contributed by atoms with E-state index in [1.165, 1.54) is 4.31 Å². The lowest BCUT2D eigenvalue weighted by Crippen LogP contribution is -2.48. The molecule has 1 rings (SSSR count). The second kappa shape index (κ2) is 8.88. The Morgan fingerprint density at radius 2 is 2.00 bits per heavy atom. The van der Waals surface area contributed by atoms with Crippen LogP contribution in [0.5, 0.6) is 0 Å². The molecule has 1 fully saturated rings. The Morgan fingerprint density at radius 1 is 1.38 bits per heavy atom. The van der Waals surface area contributed by atoms with Crippen LogP contribution >= 0.6 is 0 Å². The molecule has 5 nitrogen and oxygen atoms in total. The van der Waals surface area contributed by atoms with Gasteiger partial charge in [-0.3, -0.25) is 0 Å². The standard InChI is InChI=1S/C15H31N3O2S/c1-5-9-17(10-6-2)21(19,20)18-11-7-15(8-12-18)13-16-14(3)4/h5,14-16H,1,6-13H2,2-4H3. The van der Waals surface area contributed by atoms with Crippen LogP contribution in [0.3, 0.4) is 0 Å². The van der Waals surface area contributed by atoms with Crippen molar-refractivity contribution >= 4 is 10.2 Å². The summed E-state index contributed by atoms with van der Waals surface area (Å²) in [7, 11) is -3.33. The quantitative estimate of drug-likeness (QED) is 0.660. The van der Waals surface area contributed by atoms with Gasteiger partial charge in [0.25, 0.3) is 10.2 Å². The van der Waals surface area contributed by atoms with Crippen molar-refractivity contribution in [2.75, 3.05) is 32.7 Å². The molecule has 0 radical (unpaired) electrons. The lowest BCUT2D eigenvalue weighted by molar-refractivity contribution is 0.248. The van der Waals surface area contributed by atoms with E-state index in [9.17, 15) is 8.42 Å². The van der Waals surface area contributed by atoms with E-state index in [4.69, 9.17) is 0 Å². The minimum atomic E-state index is -3.33. The maximum Gasteiger partial charge on any atom is 0.282 e. The molecule has 0 spiro atoms. The van der Waals surface area contributed by atoms with E-state index >= 15 is 0 Å². The van der Waals surface area contributed by atoms with Gasteiger partial charge in [-0.25, -0.2) is 0 Å². The Hall–Kier alpha value is -0.430. The van der Waals surface area contributed by atoms with Crippen LogP contribution in [0.1, 0.15) is 40.0 Å². The molecule has 1 aliphatic heterocycles. The van der Waals surface area contributed by atoms with Crippen molar-refractivity contribution in [3.63, 3.8) is 0 Å². The Balaban J connectivity index is 2.56. The Morgan fingerprint density at radius 3 is 2.48 bits per heavy atom. The van der Waals surface area contributed by atoms with Crippen LogP contribution in [-0.2, 0) is 10.2 Å². The predicted molar refractivity (Wildman–Crippen MR) is 88.4 cm³/mol. The molecule has 0 aromatic heterocycles. The number of hydrogen-bond acceptors (Lipinski definition) is 3. The molecular formula is C15H31N3O2S. The molecule has 1 heterocycles. The van der Waals surface area contributed by atoms with Crippen molar-refractivity contribution < 1.29 is 8.42 Å². The van der Waals surface area contributed by atoms with Gasteiger partial charge < -0.3 is 5.32 Å². The highest BCUT2D eigenvalue weighted by molar-refractivity contribution is 7.86. The van der Waals surface area contributed by atoms with Crippen LogP contribution in [0, 0.1) is 5.92 Å². The largest absolute Gasteiger partial charge is 0.314 e. The van der Waals surface area contributed by atoms with E-state index in [2.05, 4.69) is 25.7 Å². The molecular weight excluding hydrogens is 286 g/mol. The Bertz CT molecular complexity index is 401. The highest BCUT2D eigenvalue weighted by atomic mass is 32.2. The summed E-state index contributed by atoms with van der Waals surface area (Å²) >= 11 is 0. The van der Waals surface area contributed by atoms with Crippen molar-refractivity contribution in [2.24, 2.45) is 5.92 Å². The van der Waals surface area contributed by atoms with E-state index in [0.717, 1.165) is 25.8 Å². The highest BCUT2D eigenvalue weighted by Gasteiger charge is 2.31. The molecule has 0 atom stereocenters. The fraction of sp³-hybridized carbons (Fsp3) is 0.867. The average Bonchev–Trinajstić information content (AvgIpc) is 2.45. The third-order valence-electron chi connectivity index (χ3n) is 3.85. The molecule has 0 aliphatic carbocycles. The fourth-order valence-electron chi connectivity index (χ4n) is 2.60. The van der Waals surface area contributed by atoms with Gasteiger partial charge >= 0.3 is 0 Å². The lowest BCUT2D eigenvalue weighted by atomic mass is 9.98.